The minimum Gasteiger partial charge on any atom is -0.480 e. The molecule has 0 aliphatic heterocycles. The summed E-state index contributed by atoms with van der Waals surface area (Å²) in [6, 6.07) is 4.02. The molecule has 0 unspecified atom stereocenters. The van der Waals surface area contributed by atoms with Crippen LogP contribution in [0.15, 0.2) is 24.3 Å². The van der Waals surface area contributed by atoms with Crippen molar-refractivity contribution in [3.05, 3.63) is 35.4 Å². The first-order valence-electron chi connectivity index (χ1n) is 5.27. The van der Waals surface area contributed by atoms with Crippen molar-refractivity contribution in [2.45, 2.75) is 18.9 Å². The quantitative estimate of drug-likeness (QED) is 0.585. The number of carbonyl (C=O) groups is 3. The van der Waals surface area contributed by atoms with E-state index in [9.17, 15) is 23.2 Å². The molecular formula is C12H11F2NO4. The van der Waals surface area contributed by atoms with Gasteiger partial charge in [-0.2, -0.15) is 0 Å². The van der Waals surface area contributed by atoms with E-state index >= 15 is 0 Å². The van der Waals surface area contributed by atoms with E-state index in [2.05, 4.69) is 0 Å². The summed E-state index contributed by atoms with van der Waals surface area (Å²) in [7, 11) is 0. The van der Waals surface area contributed by atoms with E-state index in [-0.39, 0.29) is 12.0 Å². The first kappa shape index (κ1) is 14.9. The van der Waals surface area contributed by atoms with Gasteiger partial charge in [-0.25, -0.2) is 8.78 Å². The maximum Gasteiger partial charge on any atom is 0.320 e. The number of hydrogen-bond acceptors (Lipinski definition) is 4. The Hall–Kier alpha value is -2.15. The zero-order valence-electron chi connectivity index (χ0n) is 9.68. The van der Waals surface area contributed by atoms with Crippen LogP contribution in [-0.4, -0.2) is 35.1 Å². The van der Waals surface area contributed by atoms with Crippen LogP contribution in [0.2, 0.25) is 0 Å². The van der Waals surface area contributed by atoms with E-state index in [0.29, 0.717) is 5.56 Å². The number of carboxylic acid groups (broad SMARTS) is 1. The van der Waals surface area contributed by atoms with Gasteiger partial charge >= 0.3 is 12.4 Å². The van der Waals surface area contributed by atoms with Gasteiger partial charge in [-0.05, 0) is 12.0 Å². The van der Waals surface area contributed by atoms with E-state index in [1.54, 1.807) is 0 Å². The van der Waals surface area contributed by atoms with Crippen molar-refractivity contribution in [2.24, 2.45) is 5.73 Å². The van der Waals surface area contributed by atoms with Crippen molar-refractivity contribution in [2.75, 3.05) is 0 Å². The van der Waals surface area contributed by atoms with E-state index < -0.39 is 30.0 Å². The SMILES string of the molecule is N[C@@H](Cc1ccc(C(=O)C(=O)C(F)F)cc1)C(=O)O. The molecule has 7 heteroatoms. The molecule has 0 heterocycles. The molecule has 1 atom stereocenters. The second-order valence-corrected chi connectivity index (χ2v) is 3.84. The van der Waals surface area contributed by atoms with Gasteiger partial charge in [0.05, 0.1) is 0 Å². The number of benzene rings is 1. The molecule has 0 aliphatic rings. The van der Waals surface area contributed by atoms with E-state index in [1.165, 1.54) is 24.3 Å². The molecule has 1 aromatic carbocycles. The predicted octanol–water partition coefficient (Wildman–Crippen LogP) is 0.658. The smallest absolute Gasteiger partial charge is 0.320 e. The van der Waals surface area contributed by atoms with Gasteiger partial charge in [-0.15, -0.1) is 0 Å². The van der Waals surface area contributed by atoms with Crippen LogP contribution in [0.1, 0.15) is 15.9 Å². The molecule has 0 saturated heterocycles. The molecule has 0 bridgehead atoms. The van der Waals surface area contributed by atoms with Crippen LogP contribution < -0.4 is 5.73 Å². The largest absolute Gasteiger partial charge is 0.480 e. The summed E-state index contributed by atoms with van der Waals surface area (Å²) in [5.41, 5.74) is 5.67. The minimum absolute atomic E-state index is 0.0343. The second-order valence-electron chi connectivity index (χ2n) is 3.84. The molecule has 0 fully saturated rings. The fourth-order valence-electron chi connectivity index (χ4n) is 1.37. The summed E-state index contributed by atoms with van der Waals surface area (Å²) in [6.07, 6.45) is -3.31. The van der Waals surface area contributed by atoms with Crippen LogP contribution in [-0.2, 0) is 16.0 Å². The second kappa shape index (κ2) is 6.14. The summed E-state index contributed by atoms with van der Waals surface area (Å²) in [5, 5.41) is 8.61. The predicted molar refractivity (Wildman–Crippen MR) is 61.1 cm³/mol. The molecule has 102 valence electrons. The van der Waals surface area contributed by atoms with Crippen LogP contribution >= 0.6 is 0 Å². The zero-order chi connectivity index (χ0) is 14.6. The minimum atomic E-state index is -3.34. The van der Waals surface area contributed by atoms with Crippen LogP contribution in [0.4, 0.5) is 8.78 Å². The van der Waals surface area contributed by atoms with E-state index in [4.69, 9.17) is 10.8 Å². The molecule has 19 heavy (non-hydrogen) atoms. The monoisotopic (exact) mass is 271 g/mol. The van der Waals surface area contributed by atoms with Gasteiger partial charge in [0, 0.05) is 5.56 Å². The molecule has 0 aromatic heterocycles. The van der Waals surface area contributed by atoms with Crippen LogP contribution in [0, 0.1) is 0 Å². The lowest BCUT2D eigenvalue weighted by molar-refractivity contribution is -0.138. The first-order chi connectivity index (χ1) is 8.82. The third-order valence-electron chi connectivity index (χ3n) is 2.41. The first-order valence-corrected chi connectivity index (χ1v) is 5.27. The summed E-state index contributed by atoms with van der Waals surface area (Å²) in [6.45, 7) is 0. The Balaban J connectivity index is 2.79. The van der Waals surface area contributed by atoms with Gasteiger partial charge in [-0.1, -0.05) is 24.3 Å². The number of halogens is 2. The summed E-state index contributed by atoms with van der Waals surface area (Å²) in [4.78, 5) is 32.6. The molecule has 5 nitrogen and oxygen atoms in total. The highest BCUT2D eigenvalue weighted by Crippen LogP contribution is 2.09. The van der Waals surface area contributed by atoms with Crippen molar-refractivity contribution in [3.63, 3.8) is 0 Å². The van der Waals surface area contributed by atoms with Crippen molar-refractivity contribution in [1.29, 1.82) is 0 Å². The lowest BCUT2D eigenvalue weighted by Crippen LogP contribution is -2.32. The maximum absolute atomic E-state index is 12.1. The number of aliphatic carboxylic acids is 1. The van der Waals surface area contributed by atoms with Gasteiger partial charge < -0.3 is 10.8 Å². The summed E-state index contributed by atoms with van der Waals surface area (Å²) >= 11 is 0. The van der Waals surface area contributed by atoms with E-state index in [0.717, 1.165) is 0 Å². The molecule has 3 N–H and O–H groups in total. The highest BCUT2D eigenvalue weighted by Gasteiger charge is 2.25. The number of alkyl halides is 2. The Morgan fingerprint density at radius 2 is 1.68 bits per heavy atom. The van der Waals surface area contributed by atoms with Gasteiger partial charge in [0.2, 0.25) is 5.78 Å². The van der Waals surface area contributed by atoms with Crippen LogP contribution in [0.25, 0.3) is 0 Å². The average molecular weight is 271 g/mol. The topological polar surface area (TPSA) is 97.5 Å². The zero-order valence-corrected chi connectivity index (χ0v) is 9.68. The number of rotatable bonds is 6. The summed E-state index contributed by atoms with van der Waals surface area (Å²) in [5.74, 6) is -4.22. The Bertz CT molecular complexity index is 499. The van der Waals surface area contributed by atoms with Crippen LogP contribution in [0.3, 0.4) is 0 Å². The summed E-state index contributed by atoms with van der Waals surface area (Å²) < 4.78 is 24.1. The lowest BCUT2D eigenvalue weighted by atomic mass is 10.0. The molecule has 1 rings (SSSR count). The maximum atomic E-state index is 12.1. The molecule has 0 radical (unpaired) electrons. The third-order valence-corrected chi connectivity index (χ3v) is 2.41. The molecule has 0 saturated carbocycles. The van der Waals surface area contributed by atoms with Gasteiger partial charge in [-0.3, -0.25) is 14.4 Å². The molecule has 1 aromatic rings. The fourth-order valence-corrected chi connectivity index (χ4v) is 1.37. The number of Topliss-reactive ketones (excluding diaryl/α,β-unsaturated/α-hetero) is 2. The number of carboxylic acids is 1. The third kappa shape index (κ3) is 3.92. The highest BCUT2D eigenvalue weighted by molar-refractivity contribution is 6.44. The van der Waals surface area contributed by atoms with Crippen molar-refractivity contribution in [3.8, 4) is 0 Å². The average Bonchev–Trinajstić information content (AvgIpc) is 2.37. The highest BCUT2D eigenvalue weighted by atomic mass is 19.3. The number of ketones is 2. The standard InChI is InChI=1S/C12H11F2NO4/c13-11(14)10(17)9(16)7-3-1-6(2-4-7)5-8(15)12(18)19/h1-4,8,11H,5,15H2,(H,18,19)/t8-/m0/s1. The number of carbonyl (C=O) groups excluding carboxylic acids is 2. The Kier molecular flexibility index (Phi) is 4.82. The Morgan fingerprint density at radius 1 is 1.16 bits per heavy atom. The molecular weight excluding hydrogens is 260 g/mol. The van der Waals surface area contributed by atoms with Crippen molar-refractivity contribution in [1.82, 2.24) is 0 Å². The fraction of sp³-hybridized carbons (Fsp3) is 0.250. The van der Waals surface area contributed by atoms with Crippen molar-refractivity contribution < 1.29 is 28.3 Å². The van der Waals surface area contributed by atoms with Crippen LogP contribution in [0.5, 0.6) is 0 Å². The van der Waals surface area contributed by atoms with Gasteiger partial charge in [0.25, 0.3) is 5.78 Å². The lowest BCUT2D eigenvalue weighted by Gasteiger charge is -2.06. The Morgan fingerprint density at radius 3 is 2.11 bits per heavy atom. The van der Waals surface area contributed by atoms with E-state index in [1.807, 2.05) is 0 Å². The molecule has 0 spiro atoms. The normalized spacial score (nSPS) is 12.2. The van der Waals surface area contributed by atoms with Crippen molar-refractivity contribution >= 4 is 17.5 Å². The molecule has 0 aliphatic carbocycles. The number of hydrogen-bond donors (Lipinski definition) is 2. The molecule has 0 amide bonds. The van der Waals surface area contributed by atoms with Gasteiger partial charge in [0.15, 0.2) is 0 Å². The Labute approximate surface area is 107 Å². The van der Waals surface area contributed by atoms with Gasteiger partial charge in [0.1, 0.15) is 6.04 Å². The number of nitrogens with two attached hydrogens (primary N) is 1.